The third-order valence-corrected chi connectivity index (χ3v) is 5.68. The summed E-state index contributed by atoms with van der Waals surface area (Å²) in [5.74, 6) is 1.41. The number of piperidine rings is 1. The molecule has 0 radical (unpaired) electrons. The van der Waals surface area contributed by atoms with Gasteiger partial charge in [0.05, 0.1) is 12.4 Å². The molecule has 0 unspecified atom stereocenters. The van der Waals surface area contributed by atoms with Crippen molar-refractivity contribution in [3.05, 3.63) is 61.4 Å². The summed E-state index contributed by atoms with van der Waals surface area (Å²) in [6.07, 6.45) is 14.1. The van der Waals surface area contributed by atoms with Crippen LogP contribution in [0.5, 0.6) is 0 Å². The number of nitrogens with zero attached hydrogens (tertiary/aromatic N) is 6. The normalized spacial score (nSPS) is 14.4. The van der Waals surface area contributed by atoms with Crippen molar-refractivity contribution in [3.63, 3.8) is 0 Å². The number of hydrogen-bond acceptors (Lipinski definition) is 5. The van der Waals surface area contributed by atoms with Crippen LogP contribution in [0, 0.1) is 5.92 Å². The van der Waals surface area contributed by atoms with E-state index in [0.29, 0.717) is 11.7 Å². The highest BCUT2D eigenvalue weighted by molar-refractivity contribution is 5.85. The van der Waals surface area contributed by atoms with Gasteiger partial charge in [0.15, 0.2) is 5.82 Å². The Morgan fingerprint density at radius 3 is 2.32 bits per heavy atom. The first-order chi connectivity index (χ1) is 14.7. The first-order valence-corrected chi connectivity index (χ1v) is 10.4. The van der Waals surface area contributed by atoms with Crippen LogP contribution in [0.3, 0.4) is 0 Å². The summed E-state index contributed by atoms with van der Waals surface area (Å²) in [4.78, 5) is 9.23. The van der Waals surface area contributed by atoms with E-state index in [1.54, 1.807) is 4.68 Å². The van der Waals surface area contributed by atoms with Crippen LogP contribution in [0.1, 0.15) is 12.8 Å². The maximum absolute atomic E-state index is 4.61. The van der Waals surface area contributed by atoms with Gasteiger partial charge in [0.1, 0.15) is 0 Å². The van der Waals surface area contributed by atoms with Crippen molar-refractivity contribution in [1.29, 1.82) is 0 Å². The molecule has 1 aromatic carbocycles. The molecule has 0 saturated carbocycles. The number of aryl methyl sites for hydroxylation is 1. The predicted molar refractivity (Wildman–Crippen MR) is 124 cm³/mol. The van der Waals surface area contributed by atoms with E-state index < -0.39 is 0 Å². The lowest BCUT2D eigenvalue weighted by atomic mass is 9.98. The lowest BCUT2D eigenvalue weighted by Gasteiger charge is -2.22. The molecule has 1 aliphatic heterocycles. The van der Waals surface area contributed by atoms with Crippen LogP contribution in [-0.2, 0) is 13.6 Å². The smallest absolute Gasteiger partial charge is 0.159 e. The van der Waals surface area contributed by atoms with Crippen LogP contribution in [0.2, 0.25) is 0 Å². The molecule has 7 nitrogen and oxygen atoms in total. The van der Waals surface area contributed by atoms with Crippen molar-refractivity contribution in [2.24, 2.45) is 13.0 Å². The highest BCUT2D eigenvalue weighted by Gasteiger charge is 2.14. The van der Waals surface area contributed by atoms with Gasteiger partial charge >= 0.3 is 0 Å². The topological polar surface area (TPSA) is 73.5 Å². The van der Waals surface area contributed by atoms with Crippen molar-refractivity contribution in [1.82, 2.24) is 34.8 Å². The summed E-state index contributed by atoms with van der Waals surface area (Å²) in [5.41, 5.74) is 5.22. The summed E-state index contributed by atoms with van der Waals surface area (Å²) >= 11 is 0. The second-order valence-corrected chi connectivity index (χ2v) is 7.92. The van der Waals surface area contributed by atoms with Crippen LogP contribution in [0.4, 0.5) is 0 Å². The molecule has 4 aromatic rings. The Morgan fingerprint density at radius 1 is 0.871 bits per heavy atom. The SMILES string of the molecule is Cl.Cn1cc(-c2cccc(-c3ncc(-c4cnn(CC5CCNCC5)c4)cn3)c2)cn1. The quantitative estimate of drug-likeness (QED) is 0.515. The van der Waals surface area contributed by atoms with Gasteiger partial charge in [-0.1, -0.05) is 18.2 Å². The molecule has 0 bridgehead atoms. The minimum Gasteiger partial charge on any atom is -0.317 e. The van der Waals surface area contributed by atoms with E-state index in [9.17, 15) is 0 Å². The number of benzene rings is 1. The number of nitrogens with one attached hydrogen (secondary N) is 1. The molecule has 0 amide bonds. The minimum absolute atomic E-state index is 0. The van der Waals surface area contributed by atoms with E-state index in [-0.39, 0.29) is 12.4 Å². The van der Waals surface area contributed by atoms with Gasteiger partial charge in [-0.2, -0.15) is 10.2 Å². The Morgan fingerprint density at radius 2 is 1.58 bits per heavy atom. The van der Waals surface area contributed by atoms with E-state index in [2.05, 4.69) is 48.5 Å². The van der Waals surface area contributed by atoms with Crippen molar-refractivity contribution < 1.29 is 0 Å². The van der Waals surface area contributed by atoms with Crippen molar-refractivity contribution in [3.8, 4) is 33.6 Å². The van der Waals surface area contributed by atoms with Gasteiger partial charge in [-0.3, -0.25) is 9.36 Å². The lowest BCUT2D eigenvalue weighted by molar-refractivity contribution is 0.321. The molecule has 0 spiro atoms. The van der Waals surface area contributed by atoms with Gasteiger partial charge in [-0.15, -0.1) is 12.4 Å². The molecule has 4 heterocycles. The average molecular weight is 436 g/mol. The van der Waals surface area contributed by atoms with Gasteiger partial charge in [-0.05, 0) is 43.5 Å². The zero-order chi connectivity index (χ0) is 20.3. The average Bonchev–Trinajstić information content (AvgIpc) is 3.44. The van der Waals surface area contributed by atoms with Gasteiger partial charge < -0.3 is 5.32 Å². The van der Waals surface area contributed by atoms with Gasteiger partial charge in [-0.25, -0.2) is 9.97 Å². The molecule has 1 aliphatic rings. The second kappa shape index (κ2) is 9.41. The molecule has 5 rings (SSSR count). The molecular weight excluding hydrogens is 410 g/mol. The Kier molecular flexibility index (Phi) is 6.44. The van der Waals surface area contributed by atoms with Crippen LogP contribution in [0.15, 0.2) is 61.4 Å². The zero-order valence-corrected chi connectivity index (χ0v) is 18.3. The van der Waals surface area contributed by atoms with Crippen molar-refractivity contribution in [2.75, 3.05) is 13.1 Å². The van der Waals surface area contributed by atoms with Gasteiger partial charge in [0.25, 0.3) is 0 Å². The predicted octanol–water partition coefficient (Wildman–Crippen LogP) is 3.83. The molecule has 0 aliphatic carbocycles. The summed E-state index contributed by atoms with van der Waals surface area (Å²) < 4.78 is 3.86. The summed E-state index contributed by atoms with van der Waals surface area (Å²) in [7, 11) is 1.92. The van der Waals surface area contributed by atoms with E-state index in [1.807, 2.05) is 50.2 Å². The van der Waals surface area contributed by atoms with E-state index >= 15 is 0 Å². The maximum atomic E-state index is 4.61. The molecule has 3 aromatic heterocycles. The minimum atomic E-state index is 0. The zero-order valence-electron chi connectivity index (χ0n) is 17.5. The Labute approximate surface area is 188 Å². The number of halogens is 1. The molecule has 1 N–H and O–H groups in total. The Hall–Kier alpha value is -3.03. The van der Waals surface area contributed by atoms with Crippen LogP contribution >= 0.6 is 12.4 Å². The van der Waals surface area contributed by atoms with Gasteiger partial charge in [0.2, 0.25) is 0 Å². The summed E-state index contributed by atoms with van der Waals surface area (Å²) in [6, 6.07) is 8.24. The van der Waals surface area contributed by atoms with Gasteiger partial charge in [0, 0.05) is 60.6 Å². The fourth-order valence-corrected chi connectivity index (χ4v) is 3.98. The fourth-order valence-electron chi connectivity index (χ4n) is 3.98. The monoisotopic (exact) mass is 435 g/mol. The molecule has 160 valence electrons. The molecular formula is C23H26ClN7. The van der Waals surface area contributed by atoms with Crippen LogP contribution < -0.4 is 5.32 Å². The summed E-state index contributed by atoms with van der Waals surface area (Å²) in [6.45, 7) is 3.19. The van der Waals surface area contributed by atoms with Crippen molar-refractivity contribution >= 4 is 12.4 Å². The summed E-state index contributed by atoms with van der Waals surface area (Å²) in [5, 5.41) is 12.2. The maximum Gasteiger partial charge on any atom is 0.159 e. The van der Waals surface area contributed by atoms with Crippen LogP contribution in [0.25, 0.3) is 33.6 Å². The standard InChI is InChI=1S/C23H25N7.ClH/c1-29-15-21(12-27-29)18-3-2-4-19(9-18)23-25-10-20(11-26-23)22-13-28-30(16-22)14-17-5-7-24-8-6-17;/h2-4,9-13,15-17,24H,5-8,14H2,1H3;1H. The highest BCUT2D eigenvalue weighted by atomic mass is 35.5. The Balaban J connectivity index is 0.00000231. The molecule has 1 fully saturated rings. The third-order valence-electron chi connectivity index (χ3n) is 5.68. The van der Waals surface area contributed by atoms with Crippen molar-refractivity contribution in [2.45, 2.75) is 19.4 Å². The highest BCUT2D eigenvalue weighted by Crippen LogP contribution is 2.25. The number of rotatable bonds is 5. The lowest BCUT2D eigenvalue weighted by Crippen LogP contribution is -2.29. The first-order valence-electron chi connectivity index (χ1n) is 10.4. The fraction of sp³-hybridized carbons (Fsp3) is 0.304. The largest absolute Gasteiger partial charge is 0.317 e. The van der Waals surface area contributed by atoms with E-state index in [1.165, 1.54) is 12.8 Å². The molecule has 31 heavy (non-hydrogen) atoms. The first kappa shape index (κ1) is 21.2. The number of hydrogen-bond donors (Lipinski definition) is 1. The molecule has 8 heteroatoms. The Bertz CT molecular complexity index is 1130. The van der Waals surface area contributed by atoms with E-state index in [0.717, 1.165) is 47.5 Å². The number of aromatic nitrogens is 6. The molecule has 1 saturated heterocycles. The molecule has 0 atom stereocenters. The second-order valence-electron chi connectivity index (χ2n) is 7.92. The van der Waals surface area contributed by atoms with E-state index in [4.69, 9.17) is 0 Å². The van der Waals surface area contributed by atoms with Crippen LogP contribution in [-0.4, -0.2) is 42.6 Å². The third kappa shape index (κ3) is 4.84.